The molecule has 0 aliphatic rings. The maximum absolute atomic E-state index is 8.72. The molecule has 0 aliphatic heterocycles. The van der Waals surface area contributed by atoms with Crippen molar-refractivity contribution in [3.05, 3.63) is 53.7 Å². The number of hydrogen-bond donors (Lipinski definition) is 0. The van der Waals surface area contributed by atoms with Gasteiger partial charge in [-0.2, -0.15) is 5.26 Å². The number of hydrogen-bond acceptors (Lipinski definition) is 3. The highest BCUT2D eigenvalue weighted by molar-refractivity contribution is 7.17. The SMILES string of the molecule is N#Cc1ccc(-c2csc3ccccc23)cn1. The minimum absolute atomic E-state index is 0.452. The van der Waals surface area contributed by atoms with E-state index in [2.05, 4.69) is 22.5 Å². The van der Waals surface area contributed by atoms with Crippen LogP contribution < -0.4 is 0 Å². The molecule has 17 heavy (non-hydrogen) atoms. The minimum Gasteiger partial charge on any atom is -0.245 e. The Hall–Kier alpha value is -2.18. The molecule has 0 N–H and O–H groups in total. The molecule has 0 fully saturated rings. The molecule has 0 saturated heterocycles. The monoisotopic (exact) mass is 236 g/mol. The summed E-state index contributed by atoms with van der Waals surface area (Å²) >= 11 is 1.73. The highest BCUT2D eigenvalue weighted by Gasteiger charge is 2.05. The van der Waals surface area contributed by atoms with Gasteiger partial charge in [0.05, 0.1) is 0 Å². The molecule has 3 rings (SSSR count). The van der Waals surface area contributed by atoms with Gasteiger partial charge in [0, 0.05) is 27.4 Å². The molecule has 2 heterocycles. The van der Waals surface area contributed by atoms with Crippen LogP contribution in [0, 0.1) is 11.3 Å². The van der Waals surface area contributed by atoms with Crippen molar-refractivity contribution in [3.63, 3.8) is 0 Å². The number of thiophene rings is 1. The Balaban J connectivity index is 2.17. The van der Waals surface area contributed by atoms with Gasteiger partial charge in [-0.3, -0.25) is 0 Å². The number of benzene rings is 1. The Labute approximate surface area is 103 Å². The predicted octanol–water partition coefficient (Wildman–Crippen LogP) is 3.83. The van der Waals surface area contributed by atoms with Gasteiger partial charge in [0.15, 0.2) is 0 Å². The molecule has 0 bridgehead atoms. The van der Waals surface area contributed by atoms with Crippen molar-refractivity contribution >= 4 is 21.4 Å². The highest BCUT2D eigenvalue weighted by atomic mass is 32.1. The van der Waals surface area contributed by atoms with E-state index in [0.29, 0.717) is 5.69 Å². The molecular weight excluding hydrogens is 228 g/mol. The quantitative estimate of drug-likeness (QED) is 0.643. The summed E-state index contributed by atoms with van der Waals surface area (Å²) in [5, 5.41) is 12.1. The first-order valence-corrected chi connectivity index (χ1v) is 6.09. The van der Waals surface area contributed by atoms with Gasteiger partial charge >= 0.3 is 0 Å². The van der Waals surface area contributed by atoms with Crippen molar-refractivity contribution in [2.75, 3.05) is 0 Å². The lowest BCUT2D eigenvalue weighted by molar-refractivity contribution is 1.27. The molecule has 0 spiro atoms. The normalized spacial score (nSPS) is 10.3. The van der Waals surface area contributed by atoms with E-state index < -0.39 is 0 Å². The molecular formula is C14H8N2S. The maximum Gasteiger partial charge on any atom is 0.140 e. The Morgan fingerprint density at radius 1 is 1.12 bits per heavy atom. The lowest BCUT2D eigenvalue weighted by Gasteiger charge is -1.98. The van der Waals surface area contributed by atoms with Gasteiger partial charge in [0.25, 0.3) is 0 Å². The van der Waals surface area contributed by atoms with Crippen molar-refractivity contribution in [3.8, 4) is 17.2 Å². The second kappa shape index (κ2) is 4.00. The average molecular weight is 236 g/mol. The largest absolute Gasteiger partial charge is 0.245 e. The van der Waals surface area contributed by atoms with Gasteiger partial charge in [0.2, 0.25) is 0 Å². The lowest BCUT2D eigenvalue weighted by Crippen LogP contribution is -1.82. The fourth-order valence-corrected chi connectivity index (χ4v) is 2.79. The zero-order valence-corrected chi connectivity index (χ0v) is 9.74. The van der Waals surface area contributed by atoms with Crippen LogP contribution in [0.1, 0.15) is 5.69 Å². The summed E-state index contributed by atoms with van der Waals surface area (Å²) in [7, 11) is 0. The van der Waals surface area contributed by atoms with Gasteiger partial charge < -0.3 is 0 Å². The zero-order valence-electron chi connectivity index (χ0n) is 8.92. The third kappa shape index (κ3) is 1.69. The highest BCUT2D eigenvalue weighted by Crippen LogP contribution is 2.33. The molecule has 3 heteroatoms. The summed E-state index contributed by atoms with van der Waals surface area (Å²) in [5.41, 5.74) is 2.69. The van der Waals surface area contributed by atoms with Crippen LogP contribution in [0.15, 0.2) is 48.0 Å². The van der Waals surface area contributed by atoms with Crippen LogP contribution in [-0.2, 0) is 0 Å². The standard InChI is InChI=1S/C14H8N2S/c15-7-11-6-5-10(8-16-11)13-9-17-14-4-2-1-3-12(13)14/h1-6,8-9H. The van der Waals surface area contributed by atoms with Crippen LogP contribution >= 0.6 is 11.3 Å². The first-order chi connectivity index (χ1) is 8.38. The molecule has 0 saturated carbocycles. The van der Waals surface area contributed by atoms with E-state index in [1.54, 1.807) is 23.6 Å². The summed E-state index contributed by atoms with van der Waals surface area (Å²) in [5.74, 6) is 0. The van der Waals surface area contributed by atoms with Crippen molar-refractivity contribution in [2.45, 2.75) is 0 Å². The number of nitriles is 1. The van der Waals surface area contributed by atoms with Crippen molar-refractivity contribution in [2.24, 2.45) is 0 Å². The second-order valence-electron chi connectivity index (χ2n) is 3.69. The van der Waals surface area contributed by atoms with Crippen molar-refractivity contribution in [1.82, 2.24) is 4.98 Å². The molecule has 0 amide bonds. The predicted molar refractivity (Wildman–Crippen MR) is 69.8 cm³/mol. The van der Waals surface area contributed by atoms with Gasteiger partial charge in [-0.05, 0) is 23.6 Å². The van der Waals surface area contributed by atoms with Crippen molar-refractivity contribution < 1.29 is 0 Å². The van der Waals surface area contributed by atoms with Gasteiger partial charge in [-0.25, -0.2) is 4.98 Å². The molecule has 0 aliphatic carbocycles. The first-order valence-electron chi connectivity index (χ1n) is 5.21. The van der Waals surface area contributed by atoms with Crippen LogP contribution in [0.3, 0.4) is 0 Å². The van der Waals surface area contributed by atoms with Crippen LogP contribution in [0.4, 0.5) is 0 Å². The third-order valence-corrected chi connectivity index (χ3v) is 3.63. The Kier molecular flexibility index (Phi) is 2.36. The Bertz CT molecular complexity index is 705. The molecule has 2 aromatic heterocycles. The van der Waals surface area contributed by atoms with E-state index in [9.17, 15) is 0 Å². The van der Waals surface area contributed by atoms with E-state index in [1.807, 2.05) is 24.3 Å². The molecule has 0 atom stereocenters. The maximum atomic E-state index is 8.72. The van der Waals surface area contributed by atoms with E-state index in [1.165, 1.54) is 15.6 Å². The summed E-state index contributed by atoms with van der Waals surface area (Å²) in [6, 6.07) is 14.0. The molecule has 1 aromatic carbocycles. The van der Waals surface area contributed by atoms with Crippen LogP contribution in [-0.4, -0.2) is 4.98 Å². The smallest absolute Gasteiger partial charge is 0.140 e. The Morgan fingerprint density at radius 3 is 2.76 bits per heavy atom. The summed E-state index contributed by atoms with van der Waals surface area (Å²) in [4.78, 5) is 4.10. The molecule has 0 radical (unpaired) electrons. The fraction of sp³-hybridized carbons (Fsp3) is 0. The van der Waals surface area contributed by atoms with E-state index in [-0.39, 0.29) is 0 Å². The number of fused-ring (bicyclic) bond motifs is 1. The van der Waals surface area contributed by atoms with E-state index >= 15 is 0 Å². The topological polar surface area (TPSA) is 36.7 Å². The number of aromatic nitrogens is 1. The summed E-state index contributed by atoms with van der Waals surface area (Å²) in [6.07, 6.45) is 1.76. The third-order valence-electron chi connectivity index (χ3n) is 2.67. The minimum atomic E-state index is 0.452. The second-order valence-corrected chi connectivity index (χ2v) is 4.60. The molecule has 2 nitrogen and oxygen atoms in total. The number of nitrogens with zero attached hydrogens (tertiary/aromatic N) is 2. The van der Waals surface area contributed by atoms with Crippen LogP contribution in [0.25, 0.3) is 21.2 Å². The van der Waals surface area contributed by atoms with E-state index in [0.717, 1.165) is 5.56 Å². The fourth-order valence-electron chi connectivity index (χ4n) is 1.82. The zero-order chi connectivity index (χ0) is 11.7. The summed E-state index contributed by atoms with van der Waals surface area (Å²) in [6.45, 7) is 0. The summed E-state index contributed by atoms with van der Waals surface area (Å²) < 4.78 is 1.27. The van der Waals surface area contributed by atoms with Crippen LogP contribution in [0.2, 0.25) is 0 Å². The molecule has 80 valence electrons. The van der Waals surface area contributed by atoms with Gasteiger partial charge in [0.1, 0.15) is 11.8 Å². The average Bonchev–Trinajstić information content (AvgIpc) is 2.83. The lowest BCUT2D eigenvalue weighted by atomic mass is 10.1. The first kappa shape index (κ1) is 10.0. The van der Waals surface area contributed by atoms with Crippen molar-refractivity contribution in [1.29, 1.82) is 5.26 Å². The van der Waals surface area contributed by atoms with Gasteiger partial charge in [-0.15, -0.1) is 11.3 Å². The number of pyridine rings is 1. The van der Waals surface area contributed by atoms with Crippen LogP contribution in [0.5, 0.6) is 0 Å². The number of rotatable bonds is 1. The van der Waals surface area contributed by atoms with E-state index in [4.69, 9.17) is 5.26 Å². The Morgan fingerprint density at radius 2 is 2.00 bits per heavy atom. The molecule has 0 unspecified atom stereocenters. The van der Waals surface area contributed by atoms with Gasteiger partial charge in [-0.1, -0.05) is 18.2 Å². The molecule has 3 aromatic rings.